The monoisotopic (exact) mass is 212 g/mol. The van der Waals surface area contributed by atoms with Gasteiger partial charge >= 0.3 is 0 Å². The molecular weight excluding hydrogens is 199 g/mol. The first kappa shape index (κ1) is 10.1. The second-order valence-corrected chi connectivity index (χ2v) is 3.70. The molecule has 5 nitrogen and oxygen atoms in total. The third-order valence-electron chi connectivity index (χ3n) is 2.51. The second kappa shape index (κ2) is 3.62. The summed E-state index contributed by atoms with van der Waals surface area (Å²) < 4.78 is 13.3. The van der Waals surface area contributed by atoms with Gasteiger partial charge in [-0.2, -0.15) is 4.98 Å². The van der Waals surface area contributed by atoms with Gasteiger partial charge < -0.3 is 15.7 Å². The summed E-state index contributed by atoms with van der Waals surface area (Å²) in [6.07, 6.45) is 2.78. The van der Waals surface area contributed by atoms with Gasteiger partial charge in [0, 0.05) is 7.05 Å². The second-order valence-electron chi connectivity index (χ2n) is 3.70. The summed E-state index contributed by atoms with van der Waals surface area (Å²) in [7, 11) is 1.66. The first-order chi connectivity index (χ1) is 7.19. The number of aliphatic hydroxyl groups excluding tert-OH is 1. The molecule has 15 heavy (non-hydrogen) atoms. The van der Waals surface area contributed by atoms with Crippen LogP contribution in [0.25, 0.3) is 0 Å². The van der Waals surface area contributed by atoms with Gasteiger partial charge in [-0.15, -0.1) is 0 Å². The third kappa shape index (κ3) is 1.99. The number of aromatic nitrogens is 2. The molecule has 1 aliphatic carbocycles. The Morgan fingerprint density at radius 3 is 2.87 bits per heavy atom. The molecule has 2 rings (SSSR count). The topological polar surface area (TPSA) is 70.1 Å². The van der Waals surface area contributed by atoms with Gasteiger partial charge in [0.05, 0.1) is 18.3 Å². The van der Waals surface area contributed by atoms with E-state index in [1.807, 2.05) is 0 Å². The number of aliphatic hydroxyl groups is 1. The van der Waals surface area contributed by atoms with Crippen molar-refractivity contribution in [3.8, 4) is 0 Å². The fraction of sp³-hybridized carbons (Fsp3) is 0.556. The molecule has 0 aliphatic heterocycles. The Morgan fingerprint density at radius 2 is 2.33 bits per heavy atom. The van der Waals surface area contributed by atoms with Gasteiger partial charge in [0.15, 0.2) is 11.6 Å². The van der Waals surface area contributed by atoms with E-state index in [0.29, 0.717) is 5.95 Å². The zero-order valence-corrected chi connectivity index (χ0v) is 8.42. The number of anilines is 2. The minimum absolute atomic E-state index is 0.00860. The van der Waals surface area contributed by atoms with Gasteiger partial charge in [0.1, 0.15) is 0 Å². The molecular formula is C9H13FN4O. The molecule has 0 aromatic carbocycles. The third-order valence-corrected chi connectivity index (χ3v) is 2.51. The lowest BCUT2D eigenvalue weighted by atomic mass is 10.3. The Morgan fingerprint density at radius 1 is 1.60 bits per heavy atom. The molecule has 0 unspecified atom stereocenters. The van der Waals surface area contributed by atoms with E-state index < -0.39 is 5.82 Å². The lowest BCUT2D eigenvalue weighted by molar-refractivity contribution is 0.265. The van der Waals surface area contributed by atoms with E-state index in [1.165, 1.54) is 0 Å². The molecule has 0 amide bonds. The van der Waals surface area contributed by atoms with Crippen LogP contribution in [0.5, 0.6) is 0 Å². The summed E-state index contributed by atoms with van der Waals surface area (Å²) in [4.78, 5) is 7.68. The quantitative estimate of drug-likeness (QED) is 0.681. The zero-order valence-electron chi connectivity index (χ0n) is 8.42. The van der Waals surface area contributed by atoms with E-state index in [0.717, 1.165) is 19.0 Å². The molecule has 0 radical (unpaired) electrons. The normalized spacial score (nSPS) is 17.3. The van der Waals surface area contributed by atoms with Crippen LogP contribution in [0.4, 0.5) is 16.2 Å². The predicted octanol–water partition coefficient (Wildman–Crippen LogP) is 0.594. The molecule has 0 saturated heterocycles. The Hall–Kier alpha value is -1.43. The van der Waals surface area contributed by atoms with Crippen LogP contribution in [0.1, 0.15) is 12.8 Å². The smallest absolute Gasteiger partial charge is 0.224 e. The van der Waals surface area contributed by atoms with Crippen LogP contribution in [0, 0.1) is 5.82 Å². The molecule has 6 heteroatoms. The van der Waals surface area contributed by atoms with Gasteiger partial charge in [0.2, 0.25) is 5.95 Å². The van der Waals surface area contributed by atoms with Gasteiger partial charge in [0.25, 0.3) is 0 Å². The highest BCUT2D eigenvalue weighted by Crippen LogP contribution is 2.38. The summed E-state index contributed by atoms with van der Waals surface area (Å²) in [6.45, 7) is -0.00860. The number of nitrogens with one attached hydrogen (secondary N) is 2. The van der Waals surface area contributed by atoms with Crippen LogP contribution in [-0.4, -0.2) is 34.3 Å². The summed E-state index contributed by atoms with van der Waals surface area (Å²) in [5, 5.41) is 14.7. The number of nitrogens with zero attached hydrogens (tertiary/aromatic N) is 2. The van der Waals surface area contributed by atoms with Crippen LogP contribution in [-0.2, 0) is 0 Å². The molecule has 1 aromatic rings. The van der Waals surface area contributed by atoms with Crippen molar-refractivity contribution in [2.45, 2.75) is 18.4 Å². The number of halogens is 1. The van der Waals surface area contributed by atoms with Crippen molar-refractivity contribution >= 4 is 11.8 Å². The fourth-order valence-electron chi connectivity index (χ4n) is 1.30. The largest absolute Gasteiger partial charge is 0.394 e. The Balaban J connectivity index is 2.19. The minimum atomic E-state index is -0.506. The highest BCUT2D eigenvalue weighted by molar-refractivity contribution is 5.45. The van der Waals surface area contributed by atoms with Crippen molar-refractivity contribution in [2.24, 2.45) is 0 Å². The number of hydrogen-bond donors (Lipinski definition) is 3. The van der Waals surface area contributed by atoms with Crippen molar-refractivity contribution in [3.05, 3.63) is 12.0 Å². The van der Waals surface area contributed by atoms with Crippen LogP contribution in [0.2, 0.25) is 0 Å². The Kier molecular flexibility index (Phi) is 2.44. The Labute approximate surface area is 86.7 Å². The van der Waals surface area contributed by atoms with Crippen LogP contribution >= 0.6 is 0 Å². The van der Waals surface area contributed by atoms with E-state index >= 15 is 0 Å². The first-order valence-electron chi connectivity index (χ1n) is 4.78. The Bertz CT molecular complexity index is 367. The average Bonchev–Trinajstić information content (AvgIpc) is 3.02. The molecule has 82 valence electrons. The summed E-state index contributed by atoms with van der Waals surface area (Å²) in [5.41, 5.74) is -0.375. The van der Waals surface area contributed by atoms with Gasteiger partial charge in [-0.3, -0.25) is 0 Å². The molecule has 1 heterocycles. The van der Waals surface area contributed by atoms with E-state index in [1.54, 1.807) is 7.05 Å². The molecule has 1 saturated carbocycles. The molecule has 1 fully saturated rings. The molecule has 1 aromatic heterocycles. The van der Waals surface area contributed by atoms with Gasteiger partial charge in [-0.1, -0.05) is 0 Å². The first-order valence-corrected chi connectivity index (χ1v) is 4.78. The molecule has 0 bridgehead atoms. The maximum Gasteiger partial charge on any atom is 0.224 e. The van der Waals surface area contributed by atoms with Gasteiger partial charge in [-0.25, -0.2) is 9.37 Å². The van der Waals surface area contributed by atoms with Gasteiger partial charge in [-0.05, 0) is 12.8 Å². The molecule has 0 atom stereocenters. The van der Waals surface area contributed by atoms with Crippen molar-refractivity contribution < 1.29 is 9.50 Å². The minimum Gasteiger partial charge on any atom is -0.394 e. The summed E-state index contributed by atoms with van der Waals surface area (Å²) >= 11 is 0. The van der Waals surface area contributed by atoms with Crippen LogP contribution < -0.4 is 10.6 Å². The summed E-state index contributed by atoms with van der Waals surface area (Å²) in [5.74, 6) is -0.0118. The average molecular weight is 212 g/mol. The van der Waals surface area contributed by atoms with E-state index in [-0.39, 0.29) is 18.0 Å². The van der Waals surface area contributed by atoms with Crippen molar-refractivity contribution in [1.82, 2.24) is 9.97 Å². The maximum atomic E-state index is 13.3. The summed E-state index contributed by atoms with van der Waals surface area (Å²) in [6, 6.07) is 0. The zero-order chi connectivity index (χ0) is 10.9. The molecule has 1 aliphatic rings. The fourth-order valence-corrected chi connectivity index (χ4v) is 1.30. The maximum absolute atomic E-state index is 13.3. The van der Waals surface area contributed by atoms with E-state index in [9.17, 15) is 4.39 Å². The predicted molar refractivity (Wildman–Crippen MR) is 54.2 cm³/mol. The SMILES string of the molecule is CNc1ncc(F)c(NC2(CO)CC2)n1. The standard InChI is InChI=1S/C9H13FN4O/c1-11-8-12-4-6(10)7(13-8)14-9(5-15)2-3-9/h4,15H,2-3,5H2,1H3,(H2,11,12,13,14). The van der Waals surface area contributed by atoms with Crippen molar-refractivity contribution in [1.29, 1.82) is 0 Å². The molecule has 0 spiro atoms. The van der Waals surface area contributed by atoms with Crippen molar-refractivity contribution in [2.75, 3.05) is 24.3 Å². The van der Waals surface area contributed by atoms with Crippen LogP contribution in [0.3, 0.4) is 0 Å². The van der Waals surface area contributed by atoms with Crippen LogP contribution in [0.15, 0.2) is 6.20 Å². The molecule has 3 N–H and O–H groups in total. The lowest BCUT2D eigenvalue weighted by Crippen LogP contribution is -2.27. The number of rotatable bonds is 4. The van der Waals surface area contributed by atoms with E-state index in [4.69, 9.17) is 5.11 Å². The van der Waals surface area contributed by atoms with E-state index in [2.05, 4.69) is 20.6 Å². The highest BCUT2D eigenvalue weighted by atomic mass is 19.1. The lowest BCUT2D eigenvalue weighted by Gasteiger charge is -2.15. The highest BCUT2D eigenvalue weighted by Gasteiger charge is 2.42. The van der Waals surface area contributed by atoms with Crippen molar-refractivity contribution in [3.63, 3.8) is 0 Å². The number of hydrogen-bond acceptors (Lipinski definition) is 5.